The summed E-state index contributed by atoms with van der Waals surface area (Å²) in [6.45, 7) is 1.93. The number of hydrogen-bond acceptors (Lipinski definition) is 4. The maximum atomic E-state index is 14.0. The number of rotatable bonds is 6. The van der Waals surface area contributed by atoms with Crippen LogP contribution in [0, 0.1) is 12.7 Å². The van der Waals surface area contributed by atoms with Crippen LogP contribution in [0.2, 0.25) is 5.02 Å². The molecule has 0 fully saturated rings. The molecule has 0 unspecified atom stereocenters. The highest BCUT2D eigenvalue weighted by molar-refractivity contribution is 9.10. The molecule has 162 valence electrons. The highest BCUT2D eigenvalue weighted by atomic mass is 79.9. The fraction of sp³-hybridized carbons (Fsp3) is 0.0870. The average molecular weight is 532 g/mol. The summed E-state index contributed by atoms with van der Waals surface area (Å²) in [5.74, 6) is -0.211. The molecule has 1 N–H and O–H groups in total. The minimum atomic E-state index is -0.510. The number of halogens is 3. The van der Waals surface area contributed by atoms with Gasteiger partial charge in [-0.2, -0.15) is 0 Å². The van der Waals surface area contributed by atoms with Crippen LogP contribution in [0.4, 0.5) is 10.1 Å². The predicted octanol–water partition coefficient (Wildman–Crippen LogP) is 6.53. The van der Waals surface area contributed by atoms with Gasteiger partial charge in [0, 0.05) is 20.7 Å². The van der Waals surface area contributed by atoms with Crippen LogP contribution in [0.3, 0.4) is 0 Å². The lowest BCUT2D eigenvalue weighted by Gasteiger charge is -2.11. The second-order valence-corrected chi connectivity index (χ2v) is 9.17. The van der Waals surface area contributed by atoms with Crippen LogP contribution >= 0.6 is 39.3 Å². The molecule has 1 aromatic heterocycles. The molecule has 3 aromatic carbocycles. The van der Waals surface area contributed by atoms with Crippen molar-refractivity contribution >= 4 is 50.9 Å². The molecule has 32 heavy (non-hydrogen) atoms. The molecule has 0 aliphatic rings. The van der Waals surface area contributed by atoms with Crippen molar-refractivity contribution < 1.29 is 9.18 Å². The van der Waals surface area contributed by atoms with Crippen LogP contribution in [-0.2, 0) is 4.79 Å². The zero-order valence-electron chi connectivity index (χ0n) is 16.8. The first kappa shape index (κ1) is 22.5. The van der Waals surface area contributed by atoms with E-state index in [4.69, 9.17) is 11.6 Å². The summed E-state index contributed by atoms with van der Waals surface area (Å²) >= 11 is 10.7. The van der Waals surface area contributed by atoms with E-state index in [2.05, 4.69) is 31.4 Å². The van der Waals surface area contributed by atoms with Crippen molar-refractivity contribution in [1.82, 2.24) is 14.8 Å². The van der Waals surface area contributed by atoms with Gasteiger partial charge in [-0.1, -0.05) is 69.6 Å². The van der Waals surface area contributed by atoms with Gasteiger partial charge in [0.2, 0.25) is 5.91 Å². The van der Waals surface area contributed by atoms with Gasteiger partial charge in [-0.15, -0.1) is 10.2 Å². The van der Waals surface area contributed by atoms with Crippen LogP contribution < -0.4 is 5.32 Å². The van der Waals surface area contributed by atoms with E-state index in [0.717, 1.165) is 16.8 Å². The number of amides is 1. The Balaban J connectivity index is 1.60. The molecule has 0 aliphatic carbocycles. The van der Waals surface area contributed by atoms with E-state index in [1.54, 1.807) is 6.07 Å². The zero-order chi connectivity index (χ0) is 22.7. The summed E-state index contributed by atoms with van der Waals surface area (Å²) in [7, 11) is 0. The standard InChI is InChI=1S/C23H17BrClFN4OS/c1-14-7-8-15(11-18(14)25)22-28-29-23(30(22)17-5-3-2-4-6-17)32-13-21(31)27-20-10-9-16(24)12-19(20)26/h2-12H,13H2,1H3,(H,27,31). The zero-order valence-corrected chi connectivity index (χ0v) is 20.0. The second kappa shape index (κ2) is 9.85. The van der Waals surface area contributed by atoms with Crippen molar-refractivity contribution in [2.45, 2.75) is 12.1 Å². The number of aromatic nitrogens is 3. The third kappa shape index (κ3) is 5.03. The lowest BCUT2D eigenvalue weighted by Crippen LogP contribution is -2.15. The summed E-state index contributed by atoms with van der Waals surface area (Å²) in [4.78, 5) is 12.4. The van der Waals surface area contributed by atoms with Crippen LogP contribution in [0.25, 0.3) is 17.1 Å². The summed E-state index contributed by atoms with van der Waals surface area (Å²) in [6, 6.07) is 19.8. The first-order chi connectivity index (χ1) is 15.4. The number of nitrogens with zero attached hydrogens (tertiary/aromatic N) is 3. The van der Waals surface area contributed by atoms with Crippen molar-refractivity contribution in [3.8, 4) is 17.1 Å². The van der Waals surface area contributed by atoms with Crippen LogP contribution in [0.1, 0.15) is 5.56 Å². The van der Waals surface area contributed by atoms with Crippen molar-refractivity contribution in [1.29, 1.82) is 0 Å². The van der Waals surface area contributed by atoms with Crippen LogP contribution in [0.15, 0.2) is 76.4 Å². The monoisotopic (exact) mass is 530 g/mol. The molecule has 1 heterocycles. The van der Waals surface area contributed by atoms with E-state index in [9.17, 15) is 9.18 Å². The predicted molar refractivity (Wildman–Crippen MR) is 130 cm³/mol. The highest BCUT2D eigenvalue weighted by Crippen LogP contribution is 2.30. The van der Waals surface area contributed by atoms with Gasteiger partial charge < -0.3 is 5.32 Å². The molecule has 5 nitrogen and oxygen atoms in total. The maximum Gasteiger partial charge on any atom is 0.234 e. The molecular formula is C23H17BrClFN4OS. The largest absolute Gasteiger partial charge is 0.323 e. The number of aryl methyl sites for hydroxylation is 1. The summed E-state index contributed by atoms with van der Waals surface area (Å²) < 4.78 is 16.5. The van der Waals surface area contributed by atoms with Gasteiger partial charge in [-0.3, -0.25) is 9.36 Å². The van der Waals surface area contributed by atoms with E-state index in [1.807, 2.05) is 60.0 Å². The first-order valence-corrected chi connectivity index (χ1v) is 11.7. The van der Waals surface area contributed by atoms with Gasteiger partial charge in [0.1, 0.15) is 5.82 Å². The molecule has 4 aromatic rings. The molecule has 0 spiro atoms. The summed E-state index contributed by atoms with van der Waals surface area (Å²) in [6.07, 6.45) is 0. The average Bonchev–Trinajstić information content (AvgIpc) is 3.21. The lowest BCUT2D eigenvalue weighted by atomic mass is 10.1. The number of carbonyl (C=O) groups is 1. The Labute approximate surface area is 202 Å². The molecule has 0 aliphatic heterocycles. The van der Waals surface area contributed by atoms with Gasteiger partial charge >= 0.3 is 0 Å². The smallest absolute Gasteiger partial charge is 0.234 e. The molecule has 0 saturated heterocycles. The maximum absolute atomic E-state index is 14.0. The highest BCUT2D eigenvalue weighted by Gasteiger charge is 2.18. The first-order valence-electron chi connectivity index (χ1n) is 9.57. The number of hydrogen-bond donors (Lipinski definition) is 1. The molecule has 0 saturated carbocycles. The van der Waals surface area contributed by atoms with Crippen LogP contribution in [-0.4, -0.2) is 26.4 Å². The molecule has 4 rings (SSSR count). The number of nitrogens with one attached hydrogen (secondary N) is 1. The fourth-order valence-electron chi connectivity index (χ4n) is 3.00. The summed E-state index contributed by atoms with van der Waals surface area (Å²) in [5.41, 5.74) is 2.75. The Morgan fingerprint density at radius 3 is 2.62 bits per heavy atom. The Hall–Kier alpha value is -2.68. The second-order valence-electron chi connectivity index (χ2n) is 6.90. The molecule has 0 radical (unpaired) electrons. The third-order valence-electron chi connectivity index (χ3n) is 4.62. The number of para-hydroxylation sites is 1. The van der Waals surface area contributed by atoms with E-state index < -0.39 is 5.82 Å². The Bertz CT molecular complexity index is 1280. The number of carbonyl (C=O) groups excluding carboxylic acids is 1. The van der Waals surface area contributed by atoms with E-state index in [1.165, 1.54) is 23.9 Å². The van der Waals surface area contributed by atoms with Gasteiger partial charge in [-0.25, -0.2) is 4.39 Å². The number of anilines is 1. The van der Waals surface area contributed by atoms with E-state index in [-0.39, 0.29) is 17.3 Å². The normalized spacial score (nSPS) is 10.9. The molecular weight excluding hydrogens is 515 g/mol. The Morgan fingerprint density at radius 2 is 1.91 bits per heavy atom. The molecule has 9 heteroatoms. The van der Waals surface area contributed by atoms with Crippen LogP contribution in [0.5, 0.6) is 0 Å². The van der Waals surface area contributed by atoms with Crippen molar-refractivity contribution in [2.24, 2.45) is 0 Å². The molecule has 0 bridgehead atoms. The van der Waals surface area contributed by atoms with Gasteiger partial charge in [0.05, 0.1) is 11.4 Å². The van der Waals surface area contributed by atoms with E-state index >= 15 is 0 Å². The van der Waals surface area contributed by atoms with Crippen molar-refractivity contribution in [3.05, 3.63) is 87.6 Å². The minimum Gasteiger partial charge on any atom is -0.323 e. The number of benzene rings is 3. The lowest BCUT2D eigenvalue weighted by molar-refractivity contribution is -0.113. The topological polar surface area (TPSA) is 59.8 Å². The SMILES string of the molecule is Cc1ccc(-c2nnc(SCC(=O)Nc3ccc(Br)cc3F)n2-c2ccccc2)cc1Cl. The quantitative estimate of drug-likeness (QED) is 0.287. The van der Waals surface area contributed by atoms with Gasteiger partial charge in [0.15, 0.2) is 11.0 Å². The third-order valence-corrected chi connectivity index (χ3v) is 6.44. The fourth-order valence-corrected chi connectivity index (χ4v) is 4.26. The minimum absolute atomic E-state index is 0.0368. The van der Waals surface area contributed by atoms with Crippen molar-refractivity contribution in [2.75, 3.05) is 11.1 Å². The Morgan fingerprint density at radius 1 is 1.12 bits per heavy atom. The number of thioether (sulfide) groups is 1. The molecule has 1 amide bonds. The van der Waals surface area contributed by atoms with Gasteiger partial charge in [-0.05, 0) is 48.9 Å². The van der Waals surface area contributed by atoms with Crippen molar-refractivity contribution in [3.63, 3.8) is 0 Å². The molecule has 0 atom stereocenters. The summed E-state index contributed by atoms with van der Waals surface area (Å²) in [5, 5.41) is 12.4. The van der Waals surface area contributed by atoms with Gasteiger partial charge in [0.25, 0.3) is 0 Å². The Kier molecular flexibility index (Phi) is 6.93. The van der Waals surface area contributed by atoms with E-state index in [0.29, 0.717) is 20.5 Å².